The predicted molar refractivity (Wildman–Crippen MR) is 473 cm³/mol. The molecule has 0 spiro atoms. The molecule has 0 atom stereocenters. The summed E-state index contributed by atoms with van der Waals surface area (Å²) >= 11 is 0. The van der Waals surface area contributed by atoms with E-state index in [4.69, 9.17) is 28.9 Å². The number of hydrogen-bond donors (Lipinski definition) is 0. The molecule has 5 nitrogen and oxygen atoms in total. The molecule has 7 heteroatoms. The van der Waals surface area contributed by atoms with Crippen LogP contribution in [0.5, 0.6) is 11.5 Å². The Morgan fingerprint density at radius 1 is 0.375 bits per heavy atom. The van der Waals surface area contributed by atoms with Crippen molar-refractivity contribution in [1.82, 2.24) is 14.1 Å². The topological polar surface area (TPSA) is 35.9 Å². The first-order chi connectivity index (χ1) is 73.7. The molecule has 540 valence electrons. The van der Waals surface area contributed by atoms with Crippen molar-refractivity contribution in [3.05, 3.63) is 416 Å². The first-order valence-electron chi connectivity index (χ1n) is 58.1. The summed E-state index contributed by atoms with van der Waals surface area (Å²) in [5.74, 6) is -0.0163. The lowest BCUT2D eigenvalue weighted by Gasteiger charge is -2.34. The van der Waals surface area contributed by atoms with E-state index in [1.807, 2.05) is 59.7 Å². The highest BCUT2D eigenvalue weighted by atomic mass is 28.3. The van der Waals surface area contributed by atoms with E-state index in [1.165, 1.54) is 69.8 Å². The van der Waals surface area contributed by atoms with Gasteiger partial charge in [-0.25, -0.2) is 4.98 Å². The number of nitrogens with zero attached hydrogens (tertiary/aromatic N) is 4. The lowest BCUT2D eigenvalue weighted by atomic mass is 9.78. The Kier molecular flexibility index (Phi) is 9.40. The maximum atomic E-state index is 11.4. The number of benzene rings is 15. The van der Waals surface area contributed by atoms with Crippen LogP contribution in [-0.4, -0.2) is 30.3 Å². The summed E-state index contributed by atoms with van der Waals surface area (Å²) in [5.41, 5.74) is -3.14. The van der Waals surface area contributed by atoms with E-state index in [-0.39, 0.29) is 50.9 Å². The van der Waals surface area contributed by atoms with Crippen LogP contribution in [-0.2, 0) is 10.8 Å². The molecule has 0 unspecified atom stereocenters. The fraction of sp³-hybridized carbons (Fsp3) is 0.0857. The van der Waals surface area contributed by atoms with Gasteiger partial charge in [-0.2, -0.15) is 0 Å². The summed E-state index contributed by atoms with van der Waals surface area (Å²) in [4.78, 5) is 4.73. The van der Waals surface area contributed by atoms with Crippen LogP contribution in [0.25, 0.3) is 94.5 Å². The van der Waals surface area contributed by atoms with Gasteiger partial charge in [-0.15, -0.1) is 0 Å². The molecule has 3 heterocycles. The van der Waals surface area contributed by atoms with Crippen molar-refractivity contribution in [3.63, 3.8) is 0 Å². The number of hydrogen-bond acceptors (Lipinski definition) is 2. The Morgan fingerprint density at radius 2 is 0.848 bits per heavy atom. The number of para-hydroxylation sites is 2. The maximum Gasteiger partial charge on any atom is 0.269 e. The van der Waals surface area contributed by atoms with Crippen LogP contribution in [0.1, 0.15) is 121 Å². The van der Waals surface area contributed by atoms with Gasteiger partial charge in [-0.05, 0) is 163 Å². The van der Waals surface area contributed by atoms with Crippen LogP contribution in [0.3, 0.4) is 0 Å². The molecule has 0 aliphatic heterocycles. The number of rotatable bonds is 17. The zero-order valence-corrected chi connectivity index (χ0v) is 62.4. The second kappa shape index (κ2) is 29.1. The van der Waals surface area contributed by atoms with E-state index in [1.54, 1.807) is 53.1 Å². The van der Waals surface area contributed by atoms with Gasteiger partial charge >= 0.3 is 0 Å². The van der Waals surface area contributed by atoms with Gasteiger partial charge in [0.1, 0.15) is 17.3 Å². The fourth-order valence-corrected chi connectivity index (χ4v) is 21.3. The largest absolute Gasteiger partial charge is 0.458 e. The molecular weight excluding hydrogens is 1390 g/mol. The van der Waals surface area contributed by atoms with Crippen LogP contribution in [0.2, 0.25) is 0 Å². The molecule has 0 aliphatic carbocycles. The highest BCUT2D eigenvalue weighted by Crippen LogP contribution is 2.42. The van der Waals surface area contributed by atoms with Gasteiger partial charge in [-0.1, -0.05) is 374 Å². The molecule has 0 N–H and O–H groups in total. The van der Waals surface area contributed by atoms with Gasteiger partial charge < -0.3 is 4.74 Å². The Balaban J connectivity index is 1.01. The number of aryl methyl sites for hydroxylation is 1. The van der Waals surface area contributed by atoms with Crippen LogP contribution in [0, 0.1) is 13.2 Å². The van der Waals surface area contributed by atoms with E-state index in [0.717, 1.165) is 6.20 Å². The second-order valence-corrected chi connectivity index (χ2v) is 35.2. The zero-order valence-electron chi connectivity index (χ0n) is 106. The van der Waals surface area contributed by atoms with Crippen LogP contribution in [0.15, 0.2) is 393 Å². The van der Waals surface area contributed by atoms with E-state index in [0.29, 0.717) is 38.5 Å². The summed E-state index contributed by atoms with van der Waals surface area (Å²) in [7, 11) is -13.2. The Morgan fingerprint density at radius 3 is 1.39 bits per heavy atom. The molecule has 112 heavy (non-hydrogen) atoms. The summed E-state index contributed by atoms with van der Waals surface area (Å²) in [6.07, 6.45) is 4.55. The standard InChI is InChI=1S/C105H86N4OSi2/c1-74-63-102(106-72-97(74)75-35-15-8-16-36-75)109-98-58-30-29-55-95(98)96-61-60-84(71-100(96)109)110-83-40-33-39-82(70-83)107-73-108(99-62-59-77(68-101(99)107)76-37-31-53-91(66-76)111(85-41-17-9-18-42-85,86-43-19-10-20-44-86)87-45-21-11-22-46-87)103-93(56-34-57-94(103)79-64-80(104(2,3)4)69-81(65-79)105(5,6)7)78-38-32-54-92(67-78)112(88-47-23-12-24-48-88,89-49-25-13-26-50-89)90-51-27-14-28-52-90/h8-72H,1-7H3/i1D3,8D,9D,10D,11D,12D,13D,14D,15D,16D,17D,18D,19D,20D,21D,22D,23D,24D,25D,26D,27D,28D,31D,32D,35D,36D,37D,38D,41D,42D,43D,44D,45D,46D,47D,48D,49D,50D,51D,52D,53D,54D,66D,67D. The minimum Gasteiger partial charge on any atom is -0.458 e. The summed E-state index contributed by atoms with van der Waals surface area (Å²) in [5, 5.41) is -8.09. The first-order valence-corrected chi connectivity index (χ1v) is 39.1. The lowest BCUT2D eigenvalue weighted by molar-refractivity contribution is -0.571. The van der Waals surface area contributed by atoms with Gasteiger partial charge in [0, 0.05) is 32.7 Å². The SMILES string of the molecule is [2H]c1c([2H])c([2H])c(-c2cnc(-n3c4ccccc4c4ccc(Oc5cccc(-n6[c-][n+](-c7c(-c8cc(C(C)(C)C)cc(C(C)(C)C)c8)cccc7-c7c([2H])c([2H])c([2H])c([Si](c8c([2H])c([2H])c([2H])c([2H])c8[2H])(c8c([2H])c([2H])c([2H])c([2H])c8[2H])c8c([2H])c([2H])c([2H])c([2H])c8[2H])c7[2H])c7ccc(-c8c([2H])c([2H])c([2H])c([Si](c9c([2H])c([2H])c([2H])c([2H])c9[2H])(c9c([2H])c([2H])c([2H])c([2H])c9[2H])c9c([2H])c([2H])c([2H])c([2H])c9[2H])c8[2H])cc76)c5)cc43)cc2C([2H])([2H])[2H])c([2H])c1[2H]. The van der Waals surface area contributed by atoms with Gasteiger partial charge in [0.25, 0.3) is 6.33 Å². The van der Waals surface area contributed by atoms with Crippen molar-refractivity contribution in [2.45, 2.75) is 59.2 Å². The van der Waals surface area contributed by atoms with Crippen molar-refractivity contribution in [2.75, 3.05) is 0 Å². The summed E-state index contributed by atoms with van der Waals surface area (Å²) < 4.78 is 452. The van der Waals surface area contributed by atoms with Crippen molar-refractivity contribution in [3.8, 4) is 73.2 Å². The Labute approximate surface area is 724 Å². The van der Waals surface area contributed by atoms with Gasteiger partial charge in [0.2, 0.25) is 0 Å². The third-order valence-corrected chi connectivity index (χ3v) is 27.5. The minimum absolute atomic E-state index is 0.0122. The molecule has 0 amide bonds. The number of aromatic nitrogens is 4. The highest BCUT2D eigenvalue weighted by Gasteiger charge is 2.43. The molecule has 3 aromatic heterocycles. The lowest BCUT2D eigenvalue weighted by Crippen LogP contribution is -2.74. The van der Waals surface area contributed by atoms with E-state index in [2.05, 4.69) is 6.33 Å². The second-order valence-electron chi connectivity index (χ2n) is 28.2. The molecule has 0 saturated carbocycles. The van der Waals surface area contributed by atoms with Crippen LogP contribution < -0.4 is 50.8 Å². The fourth-order valence-electron chi connectivity index (χ4n) is 14.2. The summed E-state index contributed by atoms with van der Waals surface area (Å²) in [6.45, 7) is 8.49. The van der Waals surface area contributed by atoms with Crippen molar-refractivity contribution >= 4 is 90.5 Å². The van der Waals surface area contributed by atoms with Crippen LogP contribution in [0.4, 0.5) is 0 Å². The number of pyridine rings is 1. The molecule has 18 aromatic rings. The minimum atomic E-state index is -6.65. The third kappa shape index (κ3) is 12.7. The molecule has 0 saturated heterocycles. The molecular formula is C105H86N4OSi2. The van der Waals surface area contributed by atoms with Crippen LogP contribution >= 0.6 is 0 Å². The monoisotopic (exact) mass is 1520 g/mol. The molecule has 0 radical (unpaired) electrons. The molecule has 18 rings (SSSR count). The maximum absolute atomic E-state index is 11.4. The van der Waals surface area contributed by atoms with E-state index < -0.39 is 369 Å². The number of fused-ring (bicyclic) bond motifs is 4. The number of ether oxygens (including phenoxy) is 1. The smallest absolute Gasteiger partial charge is 0.269 e. The molecule has 0 bridgehead atoms. The number of imidazole rings is 1. The molecule has 0 aliphatic rings. The van der Waals surface area contributed by atoms with Crippen molar-refractivity contribution in [1.29, 1.82) is 0 Å². The summed E-state index contributed by atoms with van der Waals surface area (Å²) in [6, 6.07) is -17.6. The third-order valence-electron chi connectivity index (χ3n) is 19.5. The molecule has 15 aromatic carbocycles. The van der Waals surface area contributed by atoms with Crippen molar-refractivity contribution in [2.24, 2.45) is 0 Å². The Bertz CT molecular complexity index is 8840. The Hall–Kier alpha value is -13.0. The van der Waals surface area contributed by atoms with Crippen molar-refractivity contribution < 1.29 is 72.4 Å². The average Bonchev–Trinajstić information content (AvgIpc) is 0.777. The van der Waals surface area contributed by atoms with E-state index >= 15 is 0 Å². The van der Waals surface area contributed by atoms with E-state index in [9.17, 15) is 43.9 Å². The van der Waals surface area contributed by atoms with Gasteiger partial charge in [0.15, 0.2) is 16.1 Å². The first kappa shape index (κ1) is 36.2. The van der Waals surface area contributed by atoms with Gasteiger partial charge in [-0.3, -0.25) is 13.7 Å². The predicted octanol–water partition coefficient (Wildman–Crippen LogP) is 20.3. The average molecular weight is 1520 g/mol. The normalized spacial score (nSPS) is 17.9. The van der Waals surface area contributed by atoms with Gasteiger partial charge in [0.05, 0.1) is 92.4 Å². The molecule has 0 fully saturated rings. The quantitative estimate of drug-likeness (QED) is 0.0394. The zero-order chi connectivity index (χ0) is 116. The highest BCUT2D eigenvalue weighted by molar-refractivity contribution is 7.20.